The highest BCUT2D eigenvalue weighted by Gasteiger charge is 2.18. The number of hydrogen-bond acceptors (Lipinski definition) is 0. The molecule has 0 saturated heterocycles. The summed E-state index contributed by atoms with van der Waals surface area (Å²) < 4.78 is 0. The van der Waals surface area contributed by atoms with Crippen molar-refractivity contribution < 1.29 is 0 Å². The van der Waals surface area contributed by atoms with Gasteiger partial charge in [0.2, 0.25) is 0 Å². The number of benzene rings is 3. The van der Waals surface area contributed by atoms with E-state index < -0.39 is 7.92 Å². The Bertz CT molecular complexity index is 721. The molecule has 0 fully saturated rings. The van der Waals surface area contributed by atoms with Crippen LogP contribution < -0.4 is 15.9 Å². The van der Waals surface area contributed by atoms with Crippen molar-refractivity contribution >= 4 is 29.4 Å². The molecule has 0 unspecified atom stereocenters. The Balaban J connectivity index is 2.21. The molecule has 0 spiro atoms. The largest absolute Gasteiger partial charge is 0.0955 e. The van der Waals surface area contributed by atoms with Crippen molar-refractivity contribution in [1.82, 2.24) is 0 Å². The SMILES string of the molecule is C=C(C)c1ccccc1P(c1ccccc1)c1ccccc1. The fraction of sp³-hybridized carbons (Fsp3) is 0.0476. The second-order valence-electron chi connectivity index (χ2n) is 5.30. The van der Waals surface area contributed by atoms with Gasteiger partial charge >= 0.3 is 0 Å². The first kappa shape index (κ1) is 14.8. The molecule has 108 valence electrons. The summed E-state index contributed by atoms with van der Waals surface area (Å²) in [4.78, 5) is 0. The summed E-state index contributed by atoms with van der Waals surface area (Å²) in [5.41, 5.74) is 2.39. The summed E-state index contributed by atoms with van der Waals surface area (Å²) in [6, 6.07) is 30.2. The zero-order valence-corrected chi connectivity index (χ0v) is 13.6. The Morgan fingerprint density at radius 3 is 1.64 bits per heavy atom. The van der Waals surface area contributed by atoms with Crippen LogP contribution in [0.3, 0.4) is 0 Å². The molecule has 0 aliphatic heterocycles. The topological polar surface area (TPSA) is 0 Å². The van der Waals surface area contributed by atoms with Gasteiger partial charge < -0.3 is 0 Å². The molecule has 0 radical (unpaired) electrons. The van der Waals surface area contributed by atoms with Crippen molar-refractivity contribution in [3.8, 4) is 0 Å². The second kappa shape index (κ2) is 6.73. The van der Waals surface area contributed by atoms with Crippen LogP contribution in [-0.2, 0) is 0 Å². The van der Waals surface area contributed by atoms with E-state index in [4.69, 9.17) is 0 Å². The van der Waals surface area contributed by atoms with Gasteiger partial charge in [-0.3, -0.25) is 0 Å². The van der Waals surface area contributed by atoms with E-state index in [1.54, 1.807) is 0 Å². The maximum absolute atomic E-state index is 4.17. The molecule has 0 atom stereocenters. The third-order valence-corrected chi connectivity index (χ3v) is 6.13. The van der Waals surface area contributed by atoms with Crippen LogP contribution in [-0.4, -0.2) is 0 Å². The first-order valence-electron chi connectivity index (χ1n) is 7.42. The first-order chi connectivity index (χ1) is 10.8. The zero-order valence-electron chi connectivity index (χ0n) is 12.7. The van der Waals surface area contributed by atoms with Gasteiger partial charge in [0.05, 0.1) is 0 Å². The van der Waals surface area contributed by atoms with Crippen LogP contribution in [0.2, 0.25) is 0 Å². The van der Waals surface area contributed by atoms with E-state index in [2.05, 4.69) is 98.4 Å². The van der Waals surface area contributed by atoms with Crippen LogP contribution in [0, 0.1) is 0 Å². The Morgan fingerprint density at radius 2 is 1.14 bits per heavy atom. The lowest BCUT2D eigenvalue weighted by atomic mass is 10.1. The van der Waals surface area contributed by atoms with Crippen molar-refractivity contribution in [2.75, 3.05) is 0 Å². The summed E-state index contributed by atoms with van der Waals surface area (Å²) >= 11 is 0. The number of allylic oxidation sites excluding steroid dienone is 1. The second-order valence-corrected chi connectivity index (χ2v) is 7.49. The molecule has 0 nitrogen and oxygen atoms in total. The smallest absolute Gasteiger partial charge is 0.00762 e. The average Bonchev–Trinajstić information content (AvgIpc) is 2.57. The fourth-order valence-corrected chi connectivity index (χ4v) is 5.15. The van der Waals surface area contributed by atoms with Gasteiger partial charge in [-0.2, -0.15) is 0 Å². The Kier molecular flexibility index (Phi) is 4.51. The predicted octanol–water partition coefficient (Wildman–Crippen LogP) is 4.48. The third-order valence-electron chi connectivity index (χ3n) is 3.63. The monoisotopic (exact) mass is 302 g/mol. The maximum Gasteiger partial charge on any atom is -0.00762 e. The van der Waals surface area contributed by atoms with Gasteiger partial charge in [-0.25, -0.2) is 0 Å². The van der Waals surface area contributed by atoms with Crippen molar-refractivity contribution in [1.29, 1.82) is 0 Å². The zero-order chi connectivity index (χ0) is 15.4. The van der Waals surface area contributed by atoms with Crippen LogP contribution in [0.25, 0.3) is 5.57 Å². The Hall–Kier alpha value is -2.17. The van der Waals surface area contributed by atoms with Gasteiger partial charge in [-0.05, 0) is 36.3 Å². The molecule has 0 heterocycles. The minimum absolute atomic E-state index is 0.560. The van der Waals surface area contributed by atoms with Gasteiger partial charge in [0.15, 0.2) is 0 Å². The lowest BCUT2D eigenvalue weighted by Gasteiger charge is -2.22. The number of hydrogen-bond donors (Lipinski definition) is 0. The average molecular weight is 302 g/mol. The van der Waals surface area contributed by atoms with E-state index in [-0.39, 0.29) is 0 Å². The molecule has 3 aromatic rings. The van der Waals surface area contributed by atoms with Crippen molar-refractivity contribution in [2.45, 2.75) is 6.92 Å². The molecule has 0 aliphatic rings. The minimum atomic E-state index is -0.560. The van der Waals surface area contributed by atoms with E-state index in [1.165, 1.54) is 21.5 Å². The predicted molar refractivity (Wildman–Crippen MR) is 99.9 cm³/mol. The van der Waals surface area contributed by atoms with Crippen LogP contribution in [0.15, 0.2) is 91.5 Å². The Morgan fingerprint density at radius 1 is 0.682 bits per heavy atom. The summed E-state index contributed by atoms with van der Waals surface area (Å²) in [5.74, 6) is 0. The maximum atomic E-state index is 4.17. The minimum Gasteiger partial charge on any atom is -0.0955 e. The van der Waals surface area contributed by atoms with Crippen LogP contribution in [0.4, 0.5) is 0 Å². The normalized spacial score (nSPS) is 10.6. The summed E-state index contributed by atoms with van der Waals surface area (Å²) in [5, 5.41) is 4.12. The van der Waals surface area contributed by atoms with E-state index >= 15 is 0 Å². The number of rotatable bonds is 4. The molecule has 3 rings (SSSR count). The quantitative estimate of drug-likeness (QED) is 0.623. The van der Waals surface area contributed by atoms with E-state index in [9.17, 15) is 0 Å². The highest BCUT2D eigenvalue weighted by Crippen LogP contribution is 2.35. The highest BCUT2D eigenvalue weighted by atomic mass is 31.1. The molecule has 1 heteroatoms. The van der Waals surface area contributed by atoms with Gasteiger partial charge in [0.25, 0.3) is 0 Å². The van der Waals surface area contributed by atoms with E-state index in [1.807, 2.05) is 0 Å². The van der Waals surface area contributed by atoms with Gasteiger partial charge in [0, 0.05) is 0 Å². The van der Waals surface area contributed by atoms with Crippen LogP contribution >= 0.6 is 7.92 Å². The van der Waals surface area contributed by atoms with E-state index in [0.717, 1.165) is 5.57 Å². The van der Waals surface area contributed by atoms with Crippen LogP contribution in [0.1, 0.15) is 12.5 Å². The van der Waals surface area contributed by atoms with Crippen molar-refractivity contribution in [3.05, 3.63) is 97.1 Å². The summed E-state index contributed by atoms with van der Waals surface area (Å²) in [7, 11) is -0.560. The lowest BCUT2D eigenvalue weighted by Crippen LogP contribution is -2.22. The standard InChI is InChI=1S/C21H19P/c1-17(2)20-15-9-10-16-21(20)22(18-11-5-3-6-12-18)19-13-7-4-8-14-19/h3-16H,1H2,2H3. The molecule has 0 aliphatic carbocycles. The first-order valence-corrected chi connectivity index (χ1v) is 8.76. The fourth-order valence-electron chi connectivity index (χ4n) is 2.61. The van der Waals surface area contributed by atoms with Gasteiger partial charge in [-0.1, -0.05) is 97.1 Å². The highest BCUT2D eigenvalue weighted by molar-refractivity contribution is 7.80. The molecular formula is C21H19P. The Labute approximate surface area is 133 Å². The van der Waals surface area contributed by atoms with Gasteiger partial charge in [-0.15, -0.1) is 0 Å². The summed E-state index contributed by atoms with van der Waals surface area (Å²) in [6.07, 6.45) is 0. The lowest BCUT2D eigenvalue weighted by molar-refractivity contribution is 1.62. The molecule has 22 heavy (non-hydrogen) atoms. The molecule has 0 N–H and O–H groups in total. The van der Waals surface area contributed by atoms with Gasteiger partial charge in [0.1, 0.15) is 0 Å². The molecule has 0 amide bonds. The van der Waals surface area contributed by atoms with Crippen LogP contribution in [0.5, 0.6) is 0 Å². The molecule has 0 bridgehead atoms. The third kappa shape index (κ3) is 3.03. The molecule has 3 aromatic carbocycles. The molecule has 0 saturated carbocycles. The molecule has 0 aromatic heterocycles. The summed E-state index contributed by atoms with van der Waals surface area (Å²) in [6.45, 7) is 6.25. The van der Waals surface area contributed by atoms with Crippen molar-refractivity contribution in [3.63, 3.8) is 0 Å². The van der Waals surface area contributed by atoms with Crippen molar-refractivity contribution in [2.24, 2.45) is 0 Å². The molecular weight excluding hydrogens is 283 g/mol. The van der Waals surface area contributed by atoms with E-state index in [0.29, 0.717) is 0 Å².